The molecule has 0 radical (unpaired) electrons. The number of carbonyl (C=O) groups excluding carboxylic acids is 2. The van der Waals surface area contributed by atoms with Gasteiger partial charge in [0.05, 0.1) is 18.2 Å². The predicted molar refractivity (Wildman–Crippen MR) is 114 cm³/mol. The van der Waals surface area contributed by atoms with E-state index in [4.69, 9.17) is 9.47 Å². The molecule has 0 aromatic heterocycles. The van der Waals surface area contributed by atoms with Crippen LogP contribution in [0.15, 0.2) is 0 Å². The summed E-state index contributed by atoms with van der Waals surface area (Å²) in [5.41, 5.74) is -0.515. The predicted octanol–water partition coefficient (Wildman–Crippen LogP) is 2.88. The number of ether oxygens (including phenoxy) is 2. The zero-order valence-corrected chi connectivity index (χ0v) is 19.5. The van der Waals surface area contributed by atoms with Crippen LogP contribution in [0.2, 0.25) is 0 Å². The number of likely N-dealkylation sites (tertiary alicyclic amines) is 1. The van der Waals surface area contributed by atoms with Gasteiger partial charge in [-0.1, -0.05) is 13.8 Å². The van der Waals surface area contributed by atoms with E-state index in [1.165, 1.54) is 0 Å². The maximum atomic E-state index is 13.4. The molecule has 1 N–H and O–H groups in total. The number of morpholine rings is 1. The molecular formula is C22H41N3O4. The van der Waals surface area contributed by atoms with Crippen LogP contribution in [0, 0.1) is 11.8 Å². The largest absolute Gasteiger partial charge is 0.444 e. The number of hydrogen-bond acceptors (Lipinski definition) is 5. The van der Waals surface area contributed by atoms with E-state index >= 15 is 0 Å². The summed E-state index contributed by atoms with van der Waals surface area (Å²) in [6.45, 7) is 18.9. The summed E-state index contributed by atoms with van der Waals surface area (Å²) in [6, 6.07) is -0.166. The molecule has 2 heterocycles. The Morgan fingerprint density at radius 3 is 2.17 bits per heavy atom. The van der Waals surface area contributed by atoms with Crippen LogP contribution in [-0.2, 0) is 14.3 Å². The summed E-state index contributed by atoms with van der Waals surface area (Å²) in [4.78, 5) is 29.8. The minimum Gasteiger partial charge on any atom is -0.444 e. The number of alkyl carbamates (subject to hydrolysis) is 1. The molecule has 0 unspecified atom stereocenters. The Bertz CT molecular complexity index is 565. The summed E-state index contributed by atoms with van der Waals surface area (Å²) in [5, 5.41) is 2.94. The second kappa shape index (κ2) is 9.65. The number of nitrogens with one attached hydrogen (secondary N) is 1. The Morgan fingerprint density at radius 2 is 1.66 bits per heavy atom. The first-order valence-electron chi connectivity index (χ1n) is 11.0. The lowest BCUT2D eigenvalue weighted by molar-refractivity contribution is -0.144. The summed E-state index contributed by atoms with van der Waals surface area (Å²) < 4.78 is 11.2. The Kier molecular flexibility index (Phi) is 7.96. The minimum absolute atomic E-state index is 0.0384. The Labute approximate surface area is 176 Å². The van der Waals surface area contributed by atoms with Gasteiger partial charge in [-0.05, 0) is 59.8 Å². The summed E-state index contributed by atoms with van der Waals surface area (Å²) in [6.07, 6.45) is 0.768. The molecule has 0 aliphatic carbocycles. The van der Waals surface area contributed by atoms with Gasteiger partial charge in [0, 0.05) is 32.2 Å². The van der Waals surface area contributed by atoms with Gasteiger partial charge in [0.25, 0.3) is 0 Å². The lowest BCUT2D eigenvalue weighted by Gasteiger charge is -2.42. The molecule has 29 heavy (non-hydrogen) atoms. The van der Waals surface area contributed by atoms with Crippen molar-refractivity contribution in [2.45, 2.75) is 91.7 Å². The van der Waals surface area contributed by atoms with Crippen molar-refractivity contribution >= 4 is 12.0 Å². The number of rotatable bonds is 5. The minimum atomic E-state index is -0.515. The molecule has 7 nitrogen and oxygen atoms in total. The molecule has 2 fully saturated rings. The van der Waals surface area contributed by atoms with Crippen molar-refractivity contribution in [2.75, 3.05) is 26.2 Å². The molecule has 2 rings (SSSR count). The van der Waals surface area contributed by atoms with E-state index in [0.29, 0.717) is 6.54 Å². The lowest BCUT2D eigenvalue weighted by atomic mass is 9.98. The molecule has 7 heteroatoms. The molecule has 0 spiro atoms. The lowest BCUT2D eigenvalue weighted by Crippen LogP contribution is -2.57. The van der Waals surface area contributed by atoms with E-state index in [1.54, 1.807) is 0 Å². The van der Waals surface area contributed by atoms with Gasteiger partial charge in [0.1, 0.15) is 5.60 Å². The highest BCUT2D eigenvalue weighted by Gasteiger charge is 2.39. The average Bonchev–Trinajstić information content (AvgIpc) is 3.01. The van der Waals surface area contributed by atoms with Gasteiger partial charge >= 0.3 is 6.09 Å². The topological polar surface area (TPSA) is 71.1 Å². The van der Waals surface area contributed by atoms with Crippen molar-refractivity contribution in [3.63, 3.8) is 0 Å². The monoisotopic (exact) mass is 411 g/mol. The normalized spacial score (nSPS) is 28.3. The third-order valence-electron chi connectivity index (χ3n) is 5.71. The van der Waals surface area contributed by atoms with E-state index in [1.807, 2.05) is 32.6 Å². The molecule has 0 saturated carbocycles. The van der Waals surface area contributed by atoms with Crippen LogP contribution in [-0.4, -0.2) is 77.9 Å². The molecule has 2 amide bonds. The molecule has 0 aromatic rings. The fourth-order valence-corrected chi connectivity index (χ4v) is 4.50. The van der Waals surface area contributed by atoms with Crippen molar-refractivity contribution in [1.29, 1.82) is 0 Å². The van der Waals surface area contributed by atoms with Crippen LogP contribution in [0.5, 0.6) is 0 Å². The Balaban J connectivity index is 1.96. The maximum absolute atomic E-state index is 13.4. The van der Waals surface area contributed by atoms with Gasteiger partial charge in [-0.15, -0.1) is 0 Å². The molecule has 0 bridgehead atoms. The standard InChI is InChI=1S/C22H41N3O4/c1-14(2)19(25-11-15(3)28-16(4)12-25)20(26)24-10-9-18(13-24)17(5)23-21(27)29-22(6,7)8/h14-19H,9-13H2,1-8H3,(H,23,27)/t15-,16+,17-,18+,19+/m1/s1. The van der Waals surface area contributed by atoms with Gasteiger partial charge in [-0.3, -0.25) is 9.69 Å². The van der Waals surface area contributed by atoms with Crippen molar-refractivity contribution in [2.24, 2.45) is 11.8 Å². The van der Waals surface area contributed by atoms with E-state index in [0.717, 1.165) is 26.1 Å². The smallest absolute Gasteiger partial charge is 0.407 e. The summed E-state index contributed by atoms with van der Waals surface area (Å²) >= 11 is 0. The van der Waals surface area contributed by atoms with Gasteiger partial charge in [-0.2, -0.15) is 0 Å². The van der Waals surface area contributed by atoms with Crippen LogP contribution in [0.4, 0.5) is 4.79 Å². The number of carbonyl (C=O) groups is 2. The van der Waals surface area contributed by atoms with E-state index in [-0.39, 0.29) is 42.0 Å². The number of nitrogens with zero attached hydrogens (tertiary/aromatic N) is 2. The fourth-order valence-electron chi connectivity index (χ4n) is 4.50. The van der Waals surface area contributed by atoms with Crippen molar-refractivity contribution < 1.29 is 19.1 Å². The van der Waals surface area contributed by atoms with Crippen LogP contribution < -0.4 is 5.32 Å². The fraction of sp³-hybridized carbons (Fsp3) is 0.909. The molecular weight excluding hydrogens is 370 g/mol. The second-order valence-corrected chi connectivity index (χ2v) is 10.2. The summed E-state index contributed by atoms with van der Waals surface area (Å²) in [5.74, 6) is 0.673. The quantitative estimate of drug-likeness (QED) is 0.753. The van der Waals surface area contributed by atoms with Crippen LogP contribution >= 0.6 is 0 Å². The average molecular weight is 412 g/mol. The Morgan fingerprint density at radius 1 is 1.07 bits per heavy atom. The van der Waals surface area contributed by atoms with Crippen LogP contribution in [0.3, 0.4) is 0 Å². The van der Waals surface area contributed by atoms with E-state index < -0.39 is 11.7 Å². The first-order valence-corrected chi connectivity index (χ1v) is 11.0. The number of amides is 2. The van der Waals surface area contributed by atoms with Gasteiger partial charge < -0.3 is 19.7 Å². The molecule has 2 aliphatic heterocycles. The third-order valence-corrected chi connectivity index (χ3v) is 5.71. The highest BCUT2D eigenvalue weighted by molar-refractivity contribution is 5.82. The van der Waals surface area contributed by atoms with Crippen LogP contribution in [0.1, 0.15) is 61.8 Å². The first kappa shape index (κ1) is 23.9. The molecule has 2 saturated heterocycles. The van der Waals surface area contributed by atoms with E-state index in [9.17, 15) is 9.59 Å². The third kappa shape index (κ3) is 6.85. The second-order valence-electron chi connectivity index (χ2n) is 10.2. The van der Waals surface area contributed by atoms with Crippen molar-refractivity contribution in [1.82, 2.24) is 15.1 Å². The van der Waals surface area contributed by atoms with Gasteiger partial charge in [0.15, 0.2) is 0 Å². The number of hydrogen-bond donors (Lipinski definition) is 1. The van der Waals surface area contributed by atoms with Crippen molar-refractivity contribution in [3.05, 3.63) is 0 Å². The molecule has 2 aliphatic rings. The molecule has 5 atom stereocenters. The Hall–Kier alpha value is -1.34. The van der Waals surface area contributed by atoms with E-state index in [2.05, 4.69) is 37.9 Å². The van der Waals surface area contributed by atoms with Gasteiger partial charge in [0.2, 0.25) is 5.91 Å². The molecule has 168 valence electrons. The SMILES string of the molecule is CC(C)[C@@H](C(=O)N1CC[C@H]([C@@H](C)NC(=O)OC(C)(C)C)C1)N1C[C@@H](C)O[C@@H](C)C1. The molecule has 0 aromatic carbocycles. The maximum Gasteiger partial charge on any atom is 0.407 e. The highest BCUT2D eigenvalue weighted by Crippen LogP contribution is 2.25. The zero-order chi connectivity index (χ0) is 21.9. The zero-order valence-electron chi connectivity index (χ0n) is 19.5. The summed E-state index contributed by atoms with van der Waals surface area (Å²) in [7, 11) is 0. The van der Waals surface area contributed by atoms with Gasteiger partial charge in [-0.25, -0.2) is 4.79 Å². The van der Waals surface area contributed by atoms with Crippen LogP contribution in [0.25, 0.3) is 0 Å². The van der Waals surface area contributed by atoms with Crippen molar-refractivity contribution in [3.8, 4) is 0 Å². The first-order chi connectivity index (χ1) is 13.4. The highest BCUT2D eigenvalue weighted by atomic mass is 16.6.